The van der Waals surface area contributed by atoms with Gasteiger partial charge in [0.25, 0.3) is 0 Å². The lowest BCUT2D eigenvalue weighted by Gasteiger charge is -2.09. The predicted octanol–water partition coefficient (Wildman–Crippen LogP) is 6.00. The highest BCUT2D eigenvalue weighted by Gasteiger charge is 2.01. The molecule has 0 aliphatic heterocycles. The summed E-state index contributed by atoms with van der Waals surface area (Å²) in [5, 5.41) is 0. The number of hydrogen-bond donors (Lipinski definition) is 1. The van der Waals surface area contributed by atoms with Crippen LogP contribution in [0.2, 0.25) is 0 Å². The second-order valence-electron chi connectivity index (χ2n) is 5.33. The molecule has 1 unspecified atom stereocenters. The summed E-state index contributed by atoms with van der Waals surface area (Å²) in [6, 6.07) is 0. The quantitative estimate of drug-likeness (QED) is 0.203. The van der Waals surface area contributed by atoms with Crippen molar-refractivity contribution in [3.05, 3.63) is 79.3 Å². The van der Waals surface area contributed by atoms with Gasteiger partial charge in [-0.2, -0.15) is 0 Å². The average molecular weight is 297 g/mol. The Kier molecular flexibility index (Phi) is 12.7. The van der Waals surface area contributed by atoms with Crippen molar-refractivity contribution in [2.75, 3.05) is 0 Å². The molecule has 0 radical (unpaired) electrons. The van der Waals surface area contributed by atoms with Crippen LogP contribution in [-0.2, 0) is 0 Å². The summed E-state index contributed by atoms with van der Waals surface area (Å²) in [5.74, 6) is 0.490. The molecule has 1 nitrogen and oxygen atoms in total. The Hall–Kier alpha value is -1.98. The molecule has 0 aliphatic carbocycles. The average Bonchev–Trinajstić information content (AvgIpc) is 2.49. The molecule has 0 aromatic heterocycles. The molecule has 0 bridgehead atoms. The van der Waals surface area contributed by atoms with E-state index in [1.807, 2.05) is 25.2 Å². The van der Waals surface area contributed by atoms with E-state index in [-0.39, 0.29) is 0 Å². The third-order valence-corrected chi connectivity index (χ3v) is 3.29. The van der Waals surface area contributed by atoms with Gasteiger partial charge in [-0.25, -0.2) is 0 Å². The van der Waals surface area contributed by atoms with Crippen molar-refractivity contribution in [2.45, 2.75) is 45.4 Å². The number of nitrogens with two attached hydrogens (primary N) is 1. The van der Waals surface area contributed by atoms with E-state index in [2.05, 4.69) is 49.8 Å². The SMILES string of the molecule is C=CCC(=C=CC)C=CCC/C=C/CC(C=C)CCC(=C)N. The molecule has 0 spiro atoms. The van der Waals surface area contributed by atoms with E-state index in [0.29, 0.717) is 5.92 Å². The first kappa shape index (κ1) is 20.0. The van der Waals surface area contributed by atoms with Gasteiger partial charge in [0, 0.05) is 5.70 Å². The summed E-state index contributed by atoms with van der Waals surface area (Å²) in [6.07, 6.45) is 20.6. The van der Waals surface area contributed by atoms with Gasteiger partial charge in [-0.15, -0.1) is 18.9 Å². The normalized spacial score (nSPS) is 12.0. The van der Waals surface area contributed by atoms with E-state index < -0.39 is 0 Å². The topological polar surface area (TPSA) is 26.0 Å². The maximum absolute atomic E-state index is 5.60. The third-order valence-electron chi connectivity index (χ3n) is 3.29. The predicted molar refractivity (Wildman–Crippen MR) is 100 cm³/mol. The first-order chi connectivity index (χ1) is 10.6. The number of allylic oxidation sites excluding steroid dienone is 8. The first-order valence-electron chi connectivity index (χ1n) is 8.02. The van der Waals surface area contributed by atoms with Gasteiger partial charge in [-0.3, -0.25) is 0 Å². The Morgan fingerprint density at radius 2 is 1.91 bits per heavy atom. The number of unbranched alkanes of at least 4 members (excludes halogenated alkanes) is 1. The fourth-order valence-corrected chi connectivity index (χ4v) is 2.03. The first-order valence-corrected chi connectivity index (χ1v) is 8.02. The van der Waals surface area contributed by atoms with Crippen molar-refractivity contribution in [2.24, 2.45) is 11.7 Å². The minimum absolute atomic E-state index is 0.490. The number of hydrogen-bond acceptors (Lipinski definition) is 1. The zero-order chi connectivity index (χ0) is 16.6. The molecule has 0 aromatic rings. The summed E-state index contributed by atoms with van der Waals surface area (Å²) in [7, 11) is 0. The molecule has 1 heteroatoms. The standard InChI is InChI=1S/C21H31N/c1-5-13-21(14-6-2)16-12-10-8-9-11-15-20(7-3)18-17-19(4)22/h5-7,9,11-12,16,20H,1,3-4,8,10,13,15,17-18,22H2,2H3/b11-9+,16-12?. The lowest BCUT2D eigenvalue weighted by atomic mass is 9.98. The van der Waals surface area contributed by atoms with Crippen molar-refractivity contribution in [1.29, 1.82) is 0 Å². The van der Waals surface area contributed by atoms with Crippen LogP contribution in [0.25, 0.3) is 0 Å². The molecule has 0 amide bonds. The molecule has 2 N–H and O–H groups in total. The summed E-state index contributed by atoms with van der Waals surface area (Å²) in [6.45, 7) is 13.4. The Morgan fingerprint density at radius 1 is 1.18 bits per heavy atom. The maximum Gasteiger partial charge on any atom is 0.000766 e. The van der Waals surface area contributed by atoms with Gasteiger partial charge in [0.15, 0.2) is 0 Å². The molecule has 0 fully saturated rings. The summed E-state index contributed by atoms with van der Waals surface area (Å²) >= 11 is 0. The van der Waals surface area contributed by atoms with Crippen LogP contribution >= 0.6 is 0 Å². The summed E-state index contributed by atoms with van der Waals surface area (Å²) in [4.78, 5) is 0. The van der Waals surface area contributed by atoms with Crippen LogP contribution in [0.4, 0.5) is 0 Å². The van der Waals surface area contributed by atoms with E-state index in [9.17, 15) is 0 Å². The molecule has 0 aromatic carbocycles. The van der Waals surface area contributed by atoms with E-state index in [1.54, 1.807) is 0 Å². The van der Waals surface area contributed by atoms with Crippen molar-refractivity contribution >= 4 is 0 Å². The second-order valence-corrected chi connectivity index (χ2v) is 5.33. The van der Waals surface area contributed by atoms with Crippen LogP contribution in [0.5, 0.6) is 0 Å². The van der Waals surface area contributed by atoms with Gasteiger partial charge in [-0.1, -0.05) is 43.0 Å². The zero-order valence-electron chi connectivity index (χ0n) is 14.1. The van der Waals surface area contributed by atoms with E-state index >= 15 is 0 Å². The molecule has 22 heavy (non-hydrogen) atoms. The van der Waals surface area contributed by atoms with Crippen LogP contribution in [-0.4, -0.2) is 0 Å². The van der Waals surface area contributed by atoms with Crippen molar-refractivity contribution in [3.63, 3.8) is 0 Å². The molecule has 0 aliphatic rings. The fourth-order valence-electron chi connectivity index (χ4n) is 2.03. The van der Waals surface area contributed by atoms with Crippen molar-refractivity contribution in [3.8, 4) is 0 Å². The highest BCUT2D eigenvalue weighted by molar-refractivity contribution is 5.20. The van der Waals surface area contributed by atoms with E-state index in [0.717, 1.165) is 44.2 Å². The van der Waals surface area contributed by atoms with Crippen LogP contribution in [0.3, 0.4) is 0 Å². The highest BCUT2D eigenvalue weighted by Crippen LogP contribution is 2.15. The van der Waals surface area contributed by atoms with Crippen LogP contribution in [0.1, 0.15) is 45.4 Å². The Bertz CT molecular complexity index is 456. The van der Waals surface area contributed by atoms with Crippen molar-refractivity contribution < 1.29 is 0 Å². The van der Waals surface area contributed by atoms with Crippen LogP contribution in [0.15, 0.2) is 79.3 Å². The van der Waals surface area contributed by atoms with E-state index in [1.165, 1.54) is 5.57 Å². The van der Waals surface area contributed by atoms with Crippen LogP contribution < -0.4 is 5.73 Å². The molecule has 0 saturated heterocycles. The third kappa shape index (κ3) is 11.8. The smallest absolute Gasteiger partial charge is 0.000766 e. The molecule has 0 saturated carbocycles. The largest absolute Gasteiger partial charge is 0.403 e. The Labute approximate surface area is 137 Å². The Balaban J connectivity index is 4.03. The van der Waals surface area contributed by atoms with Gasteiger partial charge in [-0.05, 0) is 63.0 Å². The van der Waals surface area contributed by atoms with Gasteiger partial charge < -0.3 is 5.73 Å². The van der Waals surface area contributed by atoms with Crippen molar-refractivity contribution in [1.82, 2.24) is 0 Å². The van der Waals surface area contributed by atoms with Gasteiger partial charge in [0.1, 0.15) is 0 Å². The number of rotatable bonds is 12. The lowest BCUT2D eigenvalue weighted by molar-refractivity contribution is 0.596. The van der Waals surface area contributed by atoms with Crippen LogP contribution in [0, 0.1) is 5.92 Å². The molecule has 0 heterocycles. The molecule has 0 rings (SSSR count). The molecular weight excluding hydrogens is 266 g/mol. The molecular formula is C21H31N. The van der Waals surface area contributed by atoms with Gasteiger partial charge >= 0.3 is 0 Å². The highest BCUT2D eigenvalue weighted by atomic mass is 14.6. The molecule has 120 valence electrons. The fraction of sp³-hybridized carbons (Fsp3) is 0.381. The Morgan fingerprint density at radius 3 is 2.50 bits per heavy atom. The monoisotopic (exact) mass is 297 g/mol. The minimum atomic E-state index is 0.490. The summed E-state index contributed by atoms with van der Waals surface area (Å²) in [5.41, 5.74) is 10.8. The minimum Gasteiger partial charge on any atom is -0.403 e. The van der Waals surface area contributed by atoms with Gasteiger partial charge in [0.05, 0.1) is 0 Å². The van der Waals surface area contributed by atoms with Gasteiger partial charge in [0.2, 0.25) is 0 Å². The zero-order valence-corrected chi connectivity index (χ0v) is 14.1. The lowest BCUT2D eigenvalue weighted by Crippen LogP contribution is -2.00. The maximum atomic E-state index is 5.60. The van der Waals surface area contributed by atoms with E-state index in [4.69, 9.17) is 5.73 Å². The second kappa shape index (κ2) is 14.0. The summed E-state index contributed by atoms with van der Waals surface area (Å²) < 4.78 is 0. The molecule has 1 atom stereocenters.